The normalized spacial score (nSPS) is 16.9. The van der Waals surface area contributed by atoms with Crippen molar-refractivity contribution in [3.8, 4) is 0 Å². The molecule has 0 saturated carbocycles. The maximum Gasteiger partial charge on any atom is 0.261 e. The Kier molecular flexibility index (Phi) is 9.09. The molecule has 2 atom stereocenters. The molecule has 0 aliphatic carbocycles. The minimum atomic E-state index is -4.09. The Balaban J connectivity index is 0.916. The third kappa shape index (κ3) is 7.27. The van der Waals surface area contributed by atoms with Crippen LogP contribution in [0.5, 0.6) is 0 Å². The second-order valence-corrected chi connectivity index (χ2v) is 16.0. The first-order chi connectivity index (χ1) is 26.1. The molecular weight excluding hydrogens is 729 g/mol. The van der Waals surface area contributed by atoms with Crippen molar-refractivity contribution in [1.29, 1.82) is 0 Å². The largest absolute Gasteiger partial charge is 0.467 e. The standard InChI is InChI=1S/C39H32N6O7S2/c46-39(27-5-1-7-31(21-27)53(47,48)44-29-15-11-25(12-16-29)33-23-35(42-40-33)37-9-3-19-51-37)28-6-2-8-32(22-28)54(49,50)45-30-17-13-26(14-18-30)34-24-36(43-41-34)38-10-4-20-52-38/h1-22,35-36,42-45H,23-24H2. The van der Waals surface area contributed by atoms with Crippen LogP contribution in [0.1, 0.15) is 63.5 Å². The van der Waals surface area contributed by atoms with Crippen LogP contribution in [0, 0.1) is 0 Å². The molecule has 4 heterocycles. The van der Waals surface area contributed by atoms with Gasteiger partial charge in [-0.25, -0.2) is 16.8 Å². The number of nitrogens with zero attached hydrogens (tertiary/aromatic N) is 2. The van der Waals surface area contributed by atoms with Crippen LogP contribution in [0.15, 0.2) is 163 Å². The molecule has 8 rings (SSSR count). The van der Waals surface area contributed by atoms with Gasteiger partial charge in [0.15, 0.2) is 5.78 Å². The van der Waals surface area contributed by atoms with E-state index in [9.17, 15) is 21.6 Å². The number of benzene rings is 4. The van der Waals surface area contributed by atoms with Gasteiger partial charge in [0.25, 0.3) is 20.0 Å². The van der Waals surface area contributed by atoms with Crippen molar-refractivity contribution in [2.45, 2.75) is 34.7 Å². The molecule has 54 heavy (non-hydrogen) atoms. The highest BCUT2D eigenvalue weighted by molar-refractivity contribution is 7.93. The number of rotatable bonds is 12. The van der Waals surface area contributed by atoms with Gasteiger partial charge >= 0.3 is 0 Å². The summed E-state index contributed by atoms with van der Waals surface area (Å²) in [5.74, 6) is 1.01. The second-order valence-electron chi connectivity index (χ2n) is 12.7. The molecule has 13 nitrogen and oxygen atoms in total. The number of sulfonamides is 2. The average Bonchev–Trinajstić information content (AvgIpc) is 4.03. The molecule has 6 aromatic rings. The summed E-state index contributed by atoms with van der Waals surface area (Å²) < 4.78 is 69.6. The Morgan fingerprint density at radius 3 is 1.39 bits per heavy atom. The third-order valence-corrected chi connectivity index (χ3v) is 11.8. The second kappa shape index (κ2) is 14.2. The van der Waals surface area contributed by atoms with Gasteiger partial charge in [-0.3, -0.25) is 25.1 Å². The quantitative estimate of drug-likeness (QED) is 0.100. The maximum absolute atomic E-state index is 13.6. The summed E-state index contributed by atoms with van der Waals surface area (Å²) in [7, 11) is -8.18. The molecule has 4 N–H and O–H groups in total. The lowest BCUT2D eigenvalue weighted by atomic mass is 10.0. The number of hydrogen-bond donors (Lipinski definition) is 4. The zero-order valence-electron chi connectivity index (χ0n) is 28.3. The predicted molar refractivity (Wildman–Crippen MR) is 202 cm³/mol. The van der Waals surface area contributed by atoms with Crippen LogP contribution in [0.25, 0.3) is 0 Å². The Morgan fingerprint density at radius 2 is 1.00 bits per heavy atom. The number of ketones is 1. The molecule has 0 radical (unpaired) electrons. The van der Waals surface area contributed by atoms with Gasteiger partial charge in [0.2, 0.25) is 0 Å². The van der Waals surface area contributed by atoms with Gasteiger partial charge in [0.05, 0.1) is 33.7 Å². The third-order valence-electron chi connectivity index (χ3n) is 9.03. The molecule has 2 aliphatic heterocycles. The Bertz CT molecular complexity index is 2420. The van der Waals surface area contributed by atoms with E-state index in [-0.39, 0.29) is 33.0 Å². The molecule has 15 heteroatoms. The zero-order valence-corrected chi connectivity index (χ0v) is 30.0. The highest BCUT2D eigenvalue weighted by Gasteiger charge is 2.25. The summed E-state index contributed by atoms with van der Waals surface area (Å²) in [4.78, 5) is 13.3. The van der Waals surface area contributed by atoms with Crippen LogP contribution in [0.4, 0.5) is 11.4 Å². The lowest BCUT2D eigenvalue weighted by molar-refractivity contribution is 0.103. The molecule has 0 bridgehead atoms. The molecule has 2 aliphatic rings. The van der Waals surface area contributed by atoms with Crippen LogP contribution in [-0.4, -0.2) is 34.0 Å². The first-order valence-corrected chi connectivity index (χ1v) is 19.8. The molecule has 0 amide bonds. The van der Waals surface area contributed by atoms with Crippen LogP contribution in [0.2, 0.25) is 0 Å². The summed E-state index contributed by atoms with van der Waals surface area (Å²) in [5, 5.41) is 8.80. The van der Waals surface area contributed by atoms with E-state index < -0.39 is 25.8 Å². The number of carbonyl (C=O) groups excluding carboxylic acids is 1. The average molecular weight is 761 g/mol. The first-order valence-electron chi connectivity index (χ1n) is 16.8. The monoisotopic (exact) mass is 760 g/mol. The Labute approximate surface area is 310 Å². The number of furan rings is 2. The summed E-state index contributed by atoms with van der Waals surface area (Å²) >= 11 is 0. The van der Waals surface area contributed by atoms with Crippen molar-refractivity contribution >= 4 is 48.6 Å². The van der Waals surface area contributed by atoms with E-state index in [1.807, 2.05) is 24.3 Å². The number of hydrogen-bond acceptors (Lipinski definition) is 11. The van der Waals surface area contributed by atoms with E-state index in [1.165, 1.54) is 48.5 Å². The van der Waals surface area contributed by atoms with Crippen molar-refractivity contribution < 1.29 is 30.5 Å². The van der Waals surface area contributed by atoms with E-state index in [1.54, 1.807) is 61.1 Å². The van der Waals surface area contributed by atoms with Crippen molar-refractivity contribution in [3.63, 3.8) is 0 Å². The van der Waals surface area contributed by atoms with Crippen molar-refractivity contribution in [2.75, 3.05) is 9.44 Å². The van der Waals surface area contributed by atoms with Gasteiger partial charge < -0.3 is 8.83 Å². The number of nitrogens with one attached hydrogen (secondary N) is 4. The van der Waals surface area contributed by atoms with E-state index in [4.69, 9.17) is 8.83 Å². The summed E-state index contributed by atoms with van der Waals surface area (Å²) in [5.41, 5.74) is 10.2. The summed E-state index contributed by atoms with van der Waals surface area (Å²) in [6, 6.07) is 32.0. The van der Waals surface area contributed by atoms with E-state index >= 15 is 0 Å². The van der Waals surface area contributed by atoms with Gasteiger partial charge in [0.1, 0.15) is 23.6 Å². The van der Waals surface area contributed by atoms with Gasteiger partial charge in [-0.05, 0) is 83.9 Å². The van der Waals surface area contributed by atoms with E-state index in [2.05, 4.69) is 30.5 Å². The van der Waals surface area contributed by atoms with Gasteiger partial charge in [-0.1, -0.05) is 48.5 Å². The van der Waals surface area contributed by atoms with Crippen molar-refractivity contribution in [2.24, 2.45) is 10.2 Å². The minimum Gasteiger partial charge on any atom is -0.467 e. The fourth-order valence-electron chi connectivity index (χ4n) is 6.22. The Morgan fingerprint density at radius 1 is 0.574 bits per heavy atom. The van der Waals surface area contributed by atoms with Gasteiger partial charge in [-0.2, -0.15) is 10.2 Å². The highest BCUT2D eigenvalue weighted by atomic mass is 32.2. The lowest BCUT2D eigenvalue weighted by Crippen LogP contribution is -2.15. The van der Waals surface area contributed by atoms with Crippen LogP contribution in [-0.2, 0) is 20.0 Å². The molecule has 0 fully saturated rings. The fourth-order valence-corrected chi connectivity index (χ4v) is 8.43. The van der Waals surface area contributed by atoms with Crippen LogP contribution < -0.4 is 20.3 Å². The summed E-state index contributed by atoms with van der Waals surface area (Å²) in [6.07, 6.45) is 4.44. The maximum atomic E-state index is 13.6. The van der Waals surface area contributed by atoms with Crippen LogP contribution >= 0.6 is 0 Å². The molecule has 4 aromatic carbocycles. The number of anilines is 2. The van der Waals surface area contributed by atoms with E-state index in [0.717, 1.165) is 34.1 Å². The zero-order chi connectivity index (χ0) is 37.3. The molecule has 272 valence electrons. The van der Waals surface area contributed by atoms with Crippen molar-refractivity contribution in [1.82, 2.24) is 10.9 Å². The highest BCUT2D eigenvalue weighted by Crippen LogP contribution is 2.28. The van der Waals surface area contributed by atoms with Crippen molar-refractivity contribution in [3.05, 3.63) is 168 Å². The van der Waals surface area contributed by atoms with Crippen LogP contribution in [0.3, 0.4) is 0 Å². The predicted octanol–water partition coefficient (Wildman–Crippen LogP) is 6.58. The topological polar surface area (TPSA) is 184 Å². The fraction of sp³-hybridized carbons (Fsp3) is 0.103. The van der Waals surface area contributed by atoms with Gasteiger partial charge in [-0.15, -0.1) is 0 Å². The Hall–Kier alpha value is -6.45. The molecule has 2 unspecified atom stereocenters. The lowest BCUT2D eigenvalue weighted by Gasteiger charge is -2.11. The number of carbonyl (C=O) groups is 1. The number of hydrazone groups is 2. The smallest absolute Gasteiger partial charge is 0.261 e. The SMILES string of the molecule is O=C(c1cccc(S(=O)(=O)Nc2ccc(C3=NNC(c4ccco4)C3)cc2)c1)c1cccc(S(=O)(=O)Nc2ccc(C3=NNC(c4ccco4)C3)cc2)c1. The van der Waals surface area contributed by atoms with E-state index in [0.29, 0.717) is 24.2 Å². The van der Waals surface area contributed by atoms with Gasteiger partial charge in [0, 0.05) is 35.3 Å². The molecule has 2 aromatic heterocycles. The minimum absolute atomic E-state index is 0.0720. The molecule has 0 spiro atoms. The molecule has 0 saturated heterocycles. The first kappa shape index (κ1) is 34.6. The molecular formula is C39H32N6O7S2. The summed E-state index contributed by atoms with van der Waals surface area (Å²) in [6.45, 7) is 0.